The zero-order valence-electron chi connectivity index (χ0n) is 10.7. The minimum absolute atomic E-state index is 0.220. The maximum Gasteiger partial charge on any atom is 0.573 e. The van der Waals surface area contributed by atoms with Crippen molar-refractivity contribution in [3.8, 4) is 11.4 Å². The van der Waals surface area contributed by atoms with Crippen molar-refractivity contribution >= 4 is 0 Å². The Bertz CT molecular complexity index is 602. The first kappa shape index (κ1) is 13.0. The lowest BCUT2D eigenvalue weighted by Crippen LogP contribution is -2.17. The second-order valence-corrected chi connectivity index (χ2v) is 4.78. The highest BCUT2D eigenvalue weighted by Gasteiger charge is 2.31. The zero-order chi connectivity index (χ0) is 14.2. The molecule has 1 aromatic carbocycles. The number of ether oxygens (including phenoxy) is 1. The van der Waals surface area contributed by atoms with E-state index in [1.807, 2.05) is 6.20 Å². The van der Waals surface area contributed by atoms with E-state index in [9.17, 15) is 13.2 Å². The van der Waals surface area contributed by atoms with Crippen LogP contribution >= 0.6 is 0 Å². The number of alkyl halides is 3. The van der Waals surface area contributed by atoms with Gasteiger partial charge in [-0.25, -0.2) is 4.68 Å². The van der Waals surface area contributed by atoms with Gasteiger partial charge in [-0.15, -0.1) is 13.2 Å². The Kier molecular flexibility index (Phi) is 3.16. The minimum Gasteiger partial charge on any atom is -0.406 e. The van der Waals surface area contributed by atoms with Crippen molar-refractivity contribution in [2.75, 3.05) is 0 Å². The minimum atomic E-state index is -4.66. The molecule has 0 saturated heterocycles. The fraction of sp³-hybridized carbons (Fsp3) is 0.357. The average molecular weight is 282 g/mol. The number of aryl methyl sites for hydroxylation is 1. The van der Waals surface area contributed by atoms with Crippen LogP contribution in [0.4, 0.5) is 13.2 Å². The van der Waals surface area contributed by atoms with Gasteiger partial charge in [-0.05, 0) is 55.5 Å². The SMILES string of the molecule is FC(F)(F)Oc1ccc(-n2ncc3c2CCCC3)cc1. The number of aromatic nitrogens is 2. The van der Waals surface area contributed by atoms with Gasteiger partial charge in [-0.1, -0.05) is 0 Å². The highest BCUT2D eigenvalue weighted by atomic mass is 19.4. The van der Waals surface area contributed by atoms with Gasteiger partial charge in [0.15, 0.2) is 0 Å². The summed E-state index contributed by atoms with van der Waals surface area (Å²) in [5.41, 5.74) is 3.13. The molecule has 0 bridgehead atoms. The van der Waals surface area contributed by atoms with E-state index in [2.05, 4.69) is 9.84 Å². The Hall–Kier alpha value is -1.98. The van der Waals surface area contributed by atoms with Crippen LogP contribution in [-0.4, -0.2) is 16.1 Å². The Morgan fingerprint density at radius 3 is 2.45 bits per heavy atom. The molecule has 0 saturated carbocycles. The third-order valence-corrected chi connectivity index (χ3v) is 3.38. The van der Waals surface area contributed by atoms with Gasteiger partial charge in [-0.3, -0.25) is 0 Å². The molecule has 3 nitrogen and oxygen atoms in total. The summed E-state index contributed by atoms with van der Waals surface area (Å²) in [6, 6.07) is 5.78. The van der Waals surface area contributed by atoms with E-state index in [1.165, 1.54) is 17.7 Å². The van der Waals surface area contributed by atoms with Crippen LogP contribution in [0.15, 0.2) is 30.5 Å². The summed E-state index contributed by atoms with van der Waals surface area (Å²) < 4.78 is 42.0. The standard InChI is InChI=1S/C14H13F3N2O/c15-14(16,17)20-12-7-5-11(6-8-12)19-13-4-2-1-3-10(13)9-18-19/h5-9H,1-4H2. The molecule has 0 unspecified atom stereocenters. The molecule has 0 fully saturated rings. The van der Waals surface area contributed by atoms with E-state index in [0.717, 1.165) is 37.1 Å². The molecule has 1 aromatic heterocycles. The summed E-state index contributed by atoms with van der Waals surface area (Å²) in [5, 5.41) is 4.33. The summed E-state index contributed by atoms with van der Waals surface area (Å²) in [6.07, 6.45) is 1.44. The first-order valence-corrected chi connectivity index (χ1v) is 6.45. The average Bonchev–Trinajstić information content (AvgIpc) is 2.82. The number of halogens is 3. The van der Waals surface area contributed by atoms with E-state index in [0.29, 0.717) is 0 Å². The number of nitrogens with zero attached hydrogens (tertiary/aromatic N) is 2. The quantitative estimate of drug-likeness (QED) is 0.840. The smallest absolute Gasteiger partial charge is 0.406 e. The van der Waals surface area contributed by atoms with E-state index in [1.54, 1.807) is 16.8 Å². The molecule has 0 spiro atoms. The molecular weight excluding hydrogens is 269 g/mol. The Morgan fingerprint density at radius 2 is 1.75 bits per heavy atom. The lowest BCUT2D eigenvalue weighted by atomic mass is 9.98. The van der Waals surface area contributed by atoms with Crippen molar-refractivity contribution in [1.82, 2.24) is 9.78 Å². The molecule has 2 aromatic rings. The third-order valence-electron chi connectivity index (χ3n) is 3.38. The fourth-order valence-electron chi connectivity index (χ4n) is 2.50. The van der Waals surface area contributed by atoms with Gasteiger partial charge in [-0.2, -0.15) is 5.10 Å². The lowest BCUT2D eigenvalue weighted by Gasteiger charge is -2.14. The first-order chi connectivity index (χ1) is 9.53. The number of rotatable bonds is 2. The number of hydrogen-bond acceptors (Lipinski definition) is 2. The van der Waals surface area contributed by atoms with Crippen LogP contribution in [-0.2, 0) is 12.8 Å². The Balaban J connectivity index is 1.86. The van der Waals surface area contributed by atoms with Gasteiger partial charge in [0.2, 0.25) is 0 Å². The molecule has 0 radical (unpaired) electrons. The van der Waals surface area contributed by atoms with Gasteiger partial charge in [0.25, 0.3) is 0 Å². The van der Waals surface area contributed by atoms with Crippen molar-refractivity contribution in [2.45, 2.75) is 32.0 Å². The van der Waals surface area contributed by atoms with Crippen molar-refractivity contribution in [3.63, 3.8) is 0 Å². The van der Waals surface area contributed by atoms with Gasteiger partial charge in [0.05, 0.1) is 11.9 Å². The molecule has 0 amide bonds. The van der Waals surface area contributed by atoms with E-state index in [4.69, 9.17) is 0 Å². The van der Waals surface area contributed by atoms with Crippen molar-refractivity contribution in [3.05, 3.63) is 41.7 Å². The van der Waals surface area contributed by atoms with Crippen LogP contribution in [0.25, 0.3) is 5.69 Å². The van der Waals surface area contributed by atoms with Crippen LogP contribution in [0, 0.1) is 0 Å². The Morgan fingerprint density at radius 1 is 1.05 bits per heavy atom. The van der Waals surface area contributed by atoms with E-state index < -0.39 is 6.36 Å². The molecule has 1 heterocycles. The first-order valence-electron chi connectivity index (χ1n) is 6.45. The van der Waals surface area contributed by atoms with Crippen LogP contribution < -0.4 is 4.74 Å². The summed E-state index contributed by atoms with van der Waals surface area (Å²) in [5.74, 6) is -0.220. The molecule has 0 N–H and O–H groups in total. The van der Waals surface area contributed by atoms with Crippen LogP contribution in [0.1, 0.15) is 24.1 Å². The lowest BCUT2D eigenvalue weighted by molar-refractivity contribution is -0.274. The number of benzene rings is 1. The largest absolute Gasteiger partial charge is 0.573 e. The van der Waals surface area contributed by atoms with Gasteiger partial charge < -0.3 is 4.74 Å². The number of fused-ring (bicyclic) bond motifs is 1. The molecule has 6 heteroatoms. The molecule has 1 aliphatic carbocycles. The summed E-state index contributed by atoms with van der Waals surface area (Å²) in [7, 11) is 0. The summed E-state index contributed by atoms with van der Waals surface area (Å²) in [4.78, 5) is 0. The topological polar surface area (TPSA) is 27.1 Å². The van der Waals surface area contributed by atoms with E-state index >= 15 is 0 Å². The van der Waals surface area contributed by atoms with E-state index in [-0.39, 0.29) is 5.75 Å². The molecule has 3 rings (SSSR count). The normalized spacial score (nSPS) is 14.9. The van der Waals surface area contributed by atoms with Crippen LogP contribution in [0.5, 0.6) is 5.75 Å². The van der Waals surface area contributed by atoms with Gasteiger partial charge in [0, 0.05) is 5.69 Å². The van der Waals surface area contributed by atoms with Crippen molar-refractivity contribution in [2.24, 2.45) is 0 Å². The summed E-state index contributed by atoms with van der Waals surface area (Å²) in [6.45, 7) is 0. The molecule has 1 aliphatic rings. The fourth-order valence-corrected chi connectivity index (χ4v) is 2.50. The van der Waals surface area contributed by atoms with Gasteiger partial charge in [0.1, 0.15) is 5.75 Å². The highest BCUT2D eigenvalue weighted by molar-refractivity contribution is 5.40. The molecule has 106 valence electrons. The van der Waals surface area contributed by atoms with Gasteiger partial charge >= 0.3 is 6.36 Å². The third kappa shape index (κ3) is 2.64. The molecular formula is C14H13F3N2O. The predicted octanol–water partition coefficient (Wildman–Crippen LogP) is 3.65. The highest BCUT2D eigenvalue weighted by Crippen LogP contribution is 2.26. The molecule has 0 atom stereocenters. The maximum absolute atomic E-state index is 12.1. The predicted molar refractivity (Wildman–Crippen MR) is 66.9 cm³/mol. The monoisotopic (exact) mass is 282 g/mol. The maximum atomic E-state index is 12.1. The van der Waals surface area contributed by atoms with Crippen LogP contribution in [0.2, 0.25) is 0 Å². The second-order valence-electron chi connectivity index (χ2n) is 4.78. The van der Waals surface area contributed by atoms with Crippen molar-refractivity contribution in [1.29, 1.82) is 0 Å². The molecule has 0 aliphatic heterocycles. The Labute approximate surface area is 114 Å². The second kappa shape index (κ2) is 4.85. The molecule has 20 heavy (non-hydrogen) atoms. The number of hydrogen-bond donors (Lipinski definition) is 0. The zero-order valence-corrected chi connectivity index (χ0v) is 10.7. The van der Waals surface area contributed by atoms with Crippen LogP contribution in [0.3, 0.4) is 0 Å². The van der Waals surface area contributed by atoms with Crippen molar-refractivity contribution < 1.29 is 17.9 Å². The summed E-state index contributed by atoms with van der Waals surface area (Å²) >= 11 is 0.